The van der Waals surface area contributed by atoms with Gasteiger partial charge in [-0.1, -0.05) is 6.08 Å². The number of benzene rings is 1. The van der Waals surface area contributed by atoms with Crippen LogP contribution in [0.3, 0.4) is 0 Å². The number of rotatable bonds is 5. The van der Waals surface area contributed by atoms with Gasteiger partial charge in [-0.2, -0.15) is 9.49 Å². The van der Waals surface area contributed by atoms with Crippen LogP contribution in [0.2, 0.25) is 0 Å². The summed E-state index contributed by atoms with van der Waals surface area (Å²) in [6, 6.07) is 8.57. The maximum absolute atomic E-state index is 13.7. The molecule has 9 nitrogen and oxygen atoms in total. The Bertz CT molecular complexity index is 1520. The Hall–Kier alpha value is -4.38. The molecule has 0 radical (unpaired) electrons. The van der Waals surface area contributed by atoms with E-state index in [1.165, 1.54) is 24.4 Å². The fourth-order valence-electron chi connectivity index (χ4n) is 5.08. The van der Waals surface area contributed by atoms with E-state index in [4.69, 9.17) is 9.84 Å². The molecule has 0 bridgehead atoms. The number of hydrogen-bond donors (Lipinski definition) is 2. The standard InChI is InChI=1S/C27H25F2N7O2/c1-35-26(17-9-12-38-13-10-17)24(25(34-35)16-2-4-19(28)5-3-16)20-6-7-23-31-22(15-36(23)33-20)32-27(37)18-8-11-30-21(29)14-18/h2-8,11,14-15,17,20,33H,9-10,12-13H2,1H3,(H,32,37). The molecule has 38 heavy (non-hydrogen) atoms. The molecule has 1 atom stereocenters. The van der Waals surface area contributed by atoms with Gasteiger partial charge in [0.1, 0.15) is 5.82 Å². The van der Waals surface area contributed by atoms with Crippen molar-refractivity contribution in [2.45, 2.75) is 24.8 Å². The van der Waals surface area contributed by atoms with Gasteiger partial charge in [0.25, 0.3) is 5.91 Å². The van der Waals surface area contributed by atoms with E-state index in [2.05, 4.69) is 20.7 Å². The monoisotopic (exact) mass is 517 g/mol. The number of anilines is 1. The highest BCUT2D eigenvalue weighted by atomic mass is 19.1. The minimum Gasteiger partial charge on any atom is -0.381 e. The molecule has 0 aliphatic carbocycles. The first kappa shape index (κ1) is 24.0. The molecule has 11 heteroatoms. The summed E-state index contributed by atoms with van der Waals surface area (Å²) >= 11 is 0. The number of nitrogens with one attached hydrogen (secondary N) is 2. The van der Waals surface area contributed by atoms with Crippen molar-refractivity contribution < 1.29 is 18.3 Å². The molecule has 1 saturated heterocycles. The van der Waals surface area contributed by atoms with Crippen molar-refractivity contribution in [3.63, 3.8) is 0 Å². The number of imidazole rings is 1. The van der Waals surface area contributed by atoms with E-state index in [1.54, 1.807) is 23.0 Å². The van der Waals surface area contributed by atoms with Gasteiger partial charge in [0, 0.05) is 60.8 Å². The third-order valence-corrected chi connectivity index (χ3v) is 6.85. The maximum Gasteiger partial charge on any atom is 0.257 e. The normalized spacial score (nSPS) is 17.2. The Morgan fingerprint density at radius 3 is 2.71 bits per heavy atom. The van der Waals surface area contributed by atoms with Gasteiger partial charge >= 0.3 is 0 Å². The van der Waals surface area contributed by atoms with Gasteiger partial charge in [-0.05, 0) is 49.2 Å². The summed E-state index contributed by atoms with van der Waals surface area (Å²) in [5.74, 6) is -0.357. The lowest BCUT2D eigenvalue weighted by Gasteiger charge is -2.27. The van der Waals surface area contributed by atoms with Crippen LogP contribution < -0.4 is 10.7 Å². The summed E-state index contributed by atoms with van der Waals surface area (Å²) in [7, 11) is 1.94. The lowest BCUT2D eigenvalue weighted by atomic mass is 9.88. The molecule has 1 aromatic carbocycles. The Labute approximate surface area is 217 Å². The van der Waals surface area contributed by atoms with E-state index in [1.807, 2.05) is 23.9 Å². The van der Waals surface area contributed by atoms with Crippen molar-refractivity contribution in [2.75, 3.05) is 24.0 Å². The first-order valence-corrected chi connectivity index (χ1v) is 12.3. The van der Waals surface area contributed by atoms with Gasteiger partial charge < -0.3 is 15.5 Å². The molecule has 0 saturated carbocycles. The van der Waals surface area contributed by atoms with E-state index >= 15 is 0 Å². The quantitative estimate of drug-likeness (QED) is 0.381. The van der Waals surface area contributed by atoms with Crippen LogP contribution in [0.5, 0.6) is 0 Å². The zero-order chi connectivity index (χ0) is 26.2. The van der Waals surface area contributed by atoms with Crippen LogP contribution in [-0.4, -0.2) is 43.5 Å². The lowest BCUT2D eigenvalue weighted by molar-refractivity contribution is 0.0835. The highest BCUT2D eigenvalue weighted by Crippen LogP contribution is 2.39. The zero-order valence-electron chi connectivity index (χ0n) is 20.6. The average Bonchev–Trinajstić information content (AvgIpc) is 3.49. The third-order valence-electron chi connectivity index (χ3n) is 6.85. The SMILES string of the molecule is Cn1nc(-c2ccc(F)cc2)c(C2C=Cc3nc(NC(=O)c4ccnc(F)c4)cn3N2)c1C1CCOCC1. The number of ether oxygens (including phenoxy) is 1. The van der Waals surface area contributed by atoms with Crippen LogP contribution in [0.1, 0.15) is 52.2 Å². The van der Waals surface area contributed by atoms with E-state index in [0.29, 0.717) is 24.9 Å². The molecule has 4 aromatic rings. The third kappa shape index (κ3) is 4.56. The van der Waals surface area contributed by atoms with E-state index in [9.17, 15) is 13.6 Å². The fraction of sp³-hybridized carbons (Fsp3) is 0.259. The minimum atomic E-state index is -0.733. The Morgan fingerprint density at radius 1 is 1.16 bits per heavy atom. The molecule has 1 unspecified atom stereocenters. The topological polar surface area (TPSA) is 98.9 Å². The number of halogens is 2. The second-order valence-corrected chi connectivity index (χ2v) is 9.31. The van der Waals surface area contributed by atoms with Crippen molar-refractivity contribution in [1.82, 2.24) is 24.4 Å². The number of fused-ring (bicyclic) bond motifs is 1. The Kier molecular flexibility index (Phi) is 6.20. The highest BCUT2D eigenvalue weighted by molar-refractivity contribution is 6.03. The number of amides is 1. The largest absolute Gasteiger partial charge is 0.381 e. The van der Waals surface area contributed by atoms with E-state index in [-0.39, 0.29) is 23.3 Å². The number of pyridine rings is 1. The second kappa shape index (κ2) is 9.82. The van der Waals surface area contributed by atoms with Crippen molar-refractivity contribution >= 4 is 17.8 Å². The van der Waals surface area contributed by atoms with Crippen molar-refractivity contribution in [2.24, 2.45) is 7.05 Å². The van der Waals surface area contributed by atoms with Crippen molar-refractivity contribution in [3.05, 3.63) is 89.3 Å². The first-order valence-electron chi connectivity index (χ1n) is 12.3. The number of carbonyl (C=O) groups excluding carboxylic acids is 1. The van der Waals surface area contributed by atoms with Gasteiger partial charge in [-0.3, -0.25) is 9.48 Å². The Balaban J connectivity index is 1.32. The summed E-state index contributed by atoms with van der Waals surface area (Å²) in [4.78, 5) is 20.5. The van der Waals surface area contributed by atoms with Crippen LogP contribution >= 0.6 is 0 Å². The van der Waals surface area contributed by atoms with Gasteiger partial charge in [0.05, 0.1) is 17.9 Å². The first-order chi connectivity index (χ1) is 18.5. The molecule has 0 spiro atoms. The molecule has 3 aromatic heterocycles. The molecule has 2 aliphatic rings. The zero-order valence-corrected chi connectivity index (χ0v) is 20.6. The minimum absolute atomic E-state index is 0.144. The van der Waals surface area contributed by atoms with E-state index in [0.717, 1.165) is 41.4 Å². The van der Waals surface area contributed by atoms with Gasteiger partial charge in [-0.25, -0.2) is 19.0 Å². The Morgan fingerprint density at radius 2 is 1.95 bits per heavy atom. The van der Waals surface area contributed by atoms with Crippen LogP contribution in [0.4, 0.5) is 14.6 Å². The lowest BCUT2D eigenvalue weighted by Crippen LogP contribution is -2.26. The number of hydrogen-bond acceptors (Lipinski definition) is 6. The molecule has 2 N–H and O–H groups in total. The number of carbonyl (C=O) groups is 1. The average molecular weight is 518 g/mol. The van der Waals surface area contributed by atoms with Crippen LogP contribution in [0, 0.1) is 11.8 Å². The maximum atomic E-state index is 13.7. The van der Waals surface area contributed by atoms with E-state index < -0.39 is 11.9 Å². The molecule has 5 heterocycles. The molecule has 194 valence electrons. The number of aromatic nitrogens is 5. The smallest absolute Gasteiger partial charge is 0.257 e. The molecular formula is C27H25F2N7O2. The summed E-state index contributed by atoms with van der Waals surface area (Å²) in [6.07, 6.45) is 8.54. The van der Waals surface area contributed by atoms with Gasteiger partial charge in [0.2, 0.25) is 5.95 Å². The van der Waals surface area contributed by atoms with Crippen molar-refractivity contribution in [1.29, 1.82) is 0 Å². The molecular weight excluding hydrogens is 492 g/mol. The van der Waals surface area contributed by atoms with Gasteiger partial charge in [0.15, 0.2) is 11.6 Å². The second-order valence-electron chi connectivity index (χ2n) is 9.31. The fourth-order valence-corrected chi connectivity index (χ4v) is 5.08. The summed E-state index contributed by atoms with van der Waals surface area (Å²) in [5, 5.41) is 7.57. The predicted octanol–water partition coefficient (Wildman–Crippen LogP) is 4.41. The van der Waals surface area contributed by atoms with Crippen LogP contribution in [0.15, 0.2) is 54.9 Å². The predicted molar refractivity (Wildman–Crippen MR) is 137 cm³/mol. The van der Waals surface area contributed by atoms with Crippen LogP contribution in [-0.2, 0) is 11.8 Å². The molecule has 2 aliphatic heterocycles. The summed E-state index contributed by atoms with van der Waals surface area (Å²) < 4.78 is 36.4. The number of aryl methyl sites for hydroxylation is 1. The summed E-state index contributed by atoms with van der Waals surface area (Å²) in [6.45, 7) is 1.37. The van der Waals surface area contributed by atoms with Crippen molar-refractivity contribution in [3.8, 4) is 11.3 Å². The van der Waals surface area contributed by atoms with Crippen LogP contribution in [0.25, 0.3) is 17.3 Å². The molecule has 1 amide bonds. The highest BCUT2D eigenvalue weighted by Gasteiger charge is 2.31. The summed E-state index contributed by atoms with van der Waals surface area (Å²) in [5.41, 5.74) is 7.29. The molecule has 6 rings (SSSR count). The molecule has 1 fully saturated rings. The number of nitrogens with zero attached hydrogens (tertiary/aromatic N) is 5. The van der Waals surface area contributed by atoms with Gasteiger partial charge in [-0.15, -0.1) is 0 Å².